The molecule has 0 fully saturated rings. The zero-order valence-corrected chi connectivity index (χ0v) is 11.2. The Morgan fingerprint density at radius 1 is 0.731 bits per heavy atom. The molecule has 26 heavy (non-hydrogen) atoms. The monoisotopic (exact) mass is 422 g/mol. The van der Waals surface area contributed by atoms with E-state index in [1.54, 1.807) is 0 Å². The van der Waals surface area contributed by atoms with Crippen molar-refractivity contribution in [1.82, 2.24) is 0 Å². The second-order valence-electron chi connectivity index (χ2n) is 4.43. The van der Waals surface area contributed by atoms with Crippen LogP contribution < -0.4 is 0 Å². The van der Waals surface area contributed by atoms with Crippen LogP contribution in [0.4, 0.5) is 57.1 Å². The van der Waals surface area contributed by atoms with E-state index >= 15 is 0 Å². The number of carbonyl (C=O) groups is 1. The van der Waals surface area contributed by atoms with Gasteiger partial charge in [0.2, 0.25) is 5.83 Å². The van der Waals surface area contributed by atoms with Gasteiger partial charge in [-0.05, 0) is 0 Å². The van der Waals surface area contributed by atoms with Crippen LogP contribution >= 0.6 is 0 Å². The van der Waals surface area contributed by atoms with Crippen molar-refractivity contribution in [3.8, 4) is 0 Å². The van der Waals surface area contributed by atoms with Crippen LogP contribution in [0.15, 0.2) is 11.9 Å². The van der Waals surface area contributed by atoms with Gasteiger partial charge in [-0.2, -0.15) is 48.3 Å². The Balaban J connectivity index is 7.11. The van der Waals surface area contributed by atoms with Gasteiger partial charge in [0.25, 0.3) is 0 Å². The molecule has 0 aliphatic carbocycles. The largest absolute Gasteiger partial charge is 0.477 e. The number of aliphatic hydroxyl groups is 2. The standard InChI is InChI=1S/C9H3F13O4/c10-1(2(11)12)5(15,25)7(17,18)6(16,9(20,21)22)8(19,26)4(13,14)3(23)24/h25-26H,(H,23,24). The fourth-order valence-electron chi connectivity index (χ4n) is 1.42. The maximum absolute atomic E-state index is 13.8. The average molecular weight is 422 g/mol. The van der Waals surface area contributed by atoms with Crippen LogP contribution in [-0.2, 0) is 4.79 Å². The summed E-state index contributed by atoms with van der Waals surface area (Å²) in [5.41, 5.74) is -8.16. The summed E-state index contributed by atoms with van der Waals surface area (Å²) in [6.07, 6.45) is -12.3. The molecule has 0 aliphatic rings. The van der Waals surface area contributed by atoms with Gasteiger partial charge in [0.15, 0.2) is 0 Å². The zero-order valence-electron chi connectivity index (χ0n) is 11.2. The van der Waals surface area contributed by atoms with Crippen LogP contribution in [0.2, 0.25) is 0 Å². The van der Waals surface area contributed by atoms with E-state index in [1.165, 1.54) is 0 Å². The molecule has 0 saturated heterocycles. The van der Waals surface area contributed by atoms with Crippen molar-refractivity contribution in [2.75, 3.05) is 0 Å². The molecule has 154 valence electrons. The minimum Gasteiger partial charge on any atom is -0.477 e. The summed E-state index contributed by atoms with van der Waals surface area (Å²) in [6.45, 7) is 0. The number of hydrogen-bond acceptors (Lipinski definition) is 3. The number of aliphatic carboxylic acids is 1. The molecule has 0 heterocycles. The van der Waals surface area contributed by atoms with Crippen molar-refractivity contribution in [3.63, 3.8) is 0 Å². The molecule has 0 aromatic heterocycles. The molecule has 3 unspecified atom stereocenters. The van der Waals surface area contributed by atoms with Crippen molar-refractivity contribution < 1.29 is 77.2 Å². The van der Waals surface area contributed by atoms with Crippen LogP contribution in [0.3, 0.4) is 0 Å². The SMILES string of the molecule is O=C(O)C(F)(F)C(O)(F)C(F)(C(F)(F)F)C(F)(F)C(O)(F)C(F)=C(F)F. The number of halogens is 13. The highest BCUT2D eigenvalue weighted by atomic mass is 19.4. The molecule has 0 rings (SSSR count). The molecule has 0 spiro atoms. The summed E-state index contributed by atoms with van der Waals surface area (Å²) in [5.74, 6) is -38.7. The van der Waals surface area contributed by atoms with Crippen molar-refractivity contribution in [3.05, 3.63) is 11.9 Å². The minimum atomic E-state index is -8.16. The maximum Gasteiger partial charge on any atom is 0.434 e. The third kappa shape index (κ3) is 2.85. The Kier molecular flexibility index (Phi) is 5.72. The number of carboxylic acids is 1. The zero-order chi connectivity index (χ0) is 21.7. The lowest BCUT2D eigenvalue weighted by Gasteiger charge is -2.44. The van der Waals surface area contributed by atoms with Crippen LogP contribution in [0.1, 0.15) is 0 Å². The maximum atomic E-state index is 13.8. The van der Waals surface area contributed by atoms with E-state index in [0.29, 0.717) is 0 Å². The van der Waals surface area contributed by atoms with E-state index in [-0.39, 0.29) is 0 Å². The lowest BCUT2D eigenvalue weighted by molar-refractivity contribution is -0.444. The van der Waals surface area contributed by atoms with Crippen molar-refractivity contribution in [1.29, 1.82) is 0 Å². The molecule has 0 radical (unpaired) electrons. The fourth-order valence-corrected chi connectivity index (χ4v) is 1.42. The van der Waals surface area contributed by atoms with Gasteiger partial charge in [-0.15, -0.1) is 0 Å². The van der Waals surface area contributed by atoms with Gasteiger partial charge in [-0.25, -0.2) is 13.6 Å². The Labute approximate surface area is 132 Å². The molecule has 0 amide bonds. The molecule has 0 bridgehead atoms. The first-order valence-corrected chi connectivity index (χ1v) is 5.33. The molecule has 0 aromatic carbocycles. The normalized spacial score (nSPS) is 20.6. The van der Waals surface area contributed by atoms with E-state index in [4.69, 9.17) is 15.3 Å². The van der Waals surface area contributed by atoms with E-state index in [1.807, 2.05) is 0 Å². The molecule has 3 atom stereocenters. The minimum absolute atomic E-state index is 4.21. The summed E-state index contributed by atoms with van der Waals surface area (Å²) in [4.78, 5) is 9.97. The van der Waals surface area contributed by atoms with Gasteiger partial charge in [0, 0.05) is 0 Å². The highest BCUT2D eigenvalue weighted by Crippen LogP contribution is 2.61. The molecule has 0 aromatic rings. The summed E-state index contributed by atoms with van der Waals surface area (Å²) >= 11 is 0. The number of alkyl halides is 10. The summed E-state index contributed by atoms with van der Waals surface area (Å²) in [6, 6.07) is 0. The van der Waals surface area contributed by atoms with Gasteiger partial charge in [-0.3, -0.25) is 0 Å². The van der Waals surface area contributed by atoms with E-state index < -0.39 is 53.3 Å². The fraction of sp³-hybridized carbons (Fsp3) is 0.667. The van der Waals surface area contributed by atoms with E-state index in [2.05, 4.69) is 0 Å². The van der Waals surface area contributed by atoms with Crippen LogP contribution in [0.25, 0.3) is 0 Å². The average Bonchev–Trinajstić information content (AvgIpc) is 2.42. The molecule has 4 nitrogen and oxygen atoms in total. The highest BCUT2D eigenvalue weighted by molar-refractivity contribution is 5.77. The molecule has 0 saturated carbocycles. The summed E-state index contributed by atoms with van der Waals surface area (Å²) in [7, 11) is 0. The lowest BCUT2D eigenvalue weighted by Crippen LogP contribution is -2.78. The van der Waals surface area contributed by atoms with Crippen LogP contribution in [0.5, 0.6) is 0 Å². The summed E-state index contributed by atoms with van der Waals surface area (Å²) < 4.78 is 166. The highest BCUT2D eigenvalue weighted by Gasteiger charge is 2.93. The molecule has 3 N–H and O–H groups in total. The lowest BCUT2D eigenvalue weighted by atomic mass is 9.80. The Morgan fingerprint density at radius 2 is 1.08 bits per heavy atom. The number of carboxylic acid groups (broad SMARTS) is 1. The van der Waals surface area contributed by atoms with Gasteiger partial charge in [0.05, 0.1) is 0 Å². The van der Waals surface area contributed by atoms with Crippen molar-refractivity contribution in [2.45, 2.75) is 35.4 Å². The Morgan fingerprint density at radius 3 is 1.31 bits per heavy atom. The van der Waals surface area contributed by atoms with Gasteiger partial charge < -0.3 is 15.3 Å². The predicted octanol–water partition coefficient (Wildman–Crippen LogP) is 3.01. The third-order valence-electron chi connectivity index (χ3n) is 2.84. The number of hydrogen-bond donors (Lipinski definition) is 3. The molecular weight excluding hydrogens is 419 g/mol. The predicted molar refractivity (Wildman–Crippen MR) is 49.9 cm³/mol. The summed E-state index contributed by atoms with van der Waals surface area (Å²) in [5, 5.41) is 24.3. The smallest absolute Gasteiger partial charge is 0.434 e. The third-order valence-corrected chi connectivity index (χ3v) is 2.84. The van der Waals surface area contributed by atoms with Crippen LogP contribution in [0, 0.1) is 0 Å². The second kappa shape index (κ2) is 6.14. The van der Waals surface area contributed by atoms with Crippen molar-refractivity contribution in [2.24, 2.45) is 0 Å². The van der Waals surface area contributed by atoms with E-state index in [0.717, 1.165) is 0 Å². The van der Waals surface area contributed by atoms with Gasteiger partial charge in [0.1, 0.15) is 0 Å². The molecule has 17 heteroatoms. The van der Waals surface area contributed by atoms with Crippen LogP contribution in [-0.4, -0.2) is 56.7 Å². The van der Waals surface area contributed by atoms with Gasteiger partial charge >= 0.3 is 47.4 Å². The molecule has 0 aliphatic heterocycles. The first kappa shape index (κ1) is 24.2. The van der Waals surface area contributed by atoms with E-state index in [9.17, 15) is 61.9 Å². The number of rotatable bonds is 6. The topological polar surface area (TPSA) is 77.8 Å². The quantitative estimate of drug-likeness (QED) is 0.576. The first-order chi connectivity index (χ1) is 11.0. The van der Waals surface area contributed by atoms with Gasteiger partial charge in [-0.1, -0.05) is 0 Å². The Hall–Kier alpha value is -1.78. The second-order valence-corrected chi connectivity index (χ2v) is 4.43. The first-order valence-electron chi connectivity index (χ1n) is 5.33. The van der Waals surface area contributed by atoms with Crippen molar-refractivity contribution >= 4 is 5.97 Å². The Bertz CT molecular complexity index is 603. The molecular formula is C9H3F13O4.